The number of nitrogens with two attached hydrogens (primary N) is 1. The van der Waals surface area contributed by atoms with Crippen molar-refractivity contribution >= 4 is 21.6 Å². The summed E-state index contributed by atoms with van der Waals surface area (Å²) >= 11 is 0. The van der Waals surface area contributed by atoms with Crippen molar-refractivity contribution in [3.8, 4) is 0 Å². The Balaban J connectivity index is 2.64. The van der Waals surface area contributed by atoms with Crippen LogP contribution in [0.1, 0.15) is 15.9 Å². The first-order valence-corrected chi connectivity index (χ1v) is 7.07. The zero-order chi connectivity index (χ0) is 13.8. The Morgan fingerprint density at radius 2 is 2.06 bits per heavy atom. The number of carbonyl (C=O) groups is 1. The normalized spacial score (nSPS) is 11.2. The van der Waals surface area contributed by atoms with Crippen LogP contribution in [0.25, 0.3) is 0 Å². The Morgan fingerprint density at radius 3 is 2.67 bits per heavy atom. The number of anilines is 1. The van der Waals surface area contributed by atoms with Gasteiger partial charge in [-0.2, -0.15) is 0 Å². The van der Waals surface area contributed by atoms with E-state index in [0.717, 1.165) is 0 Å². The second kappa shape index (κ2) is 5.83. The van der Waals surface area contributed by atoms with Gasteiger partial charge in [0, 0.05) is 17.8 Å². The number of carbonyl (C=O) groups excluding carboxylic acids is 1. The van der Waals surface area contributed by atoms with E-state index in [1.807, 2.05) is 0 Å². The van der Waals surface area contributed by atoms with Gasteiger partial charge in [0.15, 0.2) is 0 Å². The zero-order valence-corrected chi connectivity index (χ0v) is 11.2. The summed E-state index contributed by atoms with van der Waals surface area (Å²) in [5.74, 6) is -0.484. The van der Waals surface area contributed by atoms with Crippen LogP contribution < -0.4 is 15.8 Å². The van der Waals surface area contributed by atoms with Crippen LogP contribution in [-0.4, -0.2) is 33.7 Å². The van der Waals surface area contributed by atoms with Gasteiger partial charge in [-0.3, -0.25) is 4.79 Å². The van der Waals surface area contributed by atoms with E-state index in [1.54, 1.807) is 25.1 Å². The summed E-state index contributed by atoms with van der Waals surface area (Å²) < 4.78 is 24.5. The van der Waals surface area contributed by atoms with Crippen LogP contribution in [0.2, 0.25) is 0 Å². The van der Waals surface area contributed by atoms with Gasteiger partial charge in [0.2, 0.25) is 10.0 Å². The molecule has 0 fully saturated rings. The monoisotopic (exact) mass is 271 g/mol. The number of benzene rings is 1. The molecule has 1 rings (SSSR count). The second-order valence-corrected chi connectivity index (χ2v) is 5.84. The molecule has 0 saturated carbocycles. The molecule has 1 aromatic carbocycles. The molecule has 0 aliphatic carbocycles. The maximum atomic E-state index is 11.8. The molecule has 0 aliphatic rings. The van der Waals surface area contributed by atoms with Crippen molar-refractivity contribution in [2.75, 3.05) is 25.1 Å². The SMILES string of the molecule is CNS(=O)(=O)CCNC(=O)c1cccc(N)c1C. The predicted octanol–water partition coefficient (Wildman–Crippen LogP) is -0.144. The number of nitrogens with one attached hydrogen (secondary N) is 2. The van der Waals surface area contributed by atoms with E-state index in [4.69, 9.17) is 5.73 Å². The van der Waals surface area contributed by atoms with Crippen LogP contribution >= 0.6 is 0 Å². The molecule has 6 nitrogen and oxygen atoms in total. The minimum atomic E-state index is -3.31. The highest BCUT2D eigenvalue weighted by molar-refractivity contribution is 7.89. The minimum absolute atomic E-state index is 0.0518. The van der Waals surface area contributed by atoms with Crippen molar-refractivity contribution in [1.29, 1.82) is 0 Å². The highest BCUT2D eigenvalue weighted by Crippen LogP contribution is 2.14. The molecule has 0 heterocycles. The molecular weight excluding hydrogens is 254 g/mol. The number of rotatable bonds is 5. The Hall–Kier alpha value is -1.60. The fourth-order valence-corrected chi connectivity index (χ4v) is 1.97. The van der Waals surface area contributed by atoms with E-state index in [-0.39, 0.29) is 18.2 Å². The van der Waals surface area contributed by atoms with Crippen LogP contribution in [-0.2, 0) is 10.0 Å². The third-order valence-electron chi connectivity index (χ3n) is 2.59. The first-order valence-electron chi connectivity index (χ1n) is 5.42. The molecular formula is C11H17N3O3S. The standard InChI is InChI=1S/C11H17N3O3S/c1-8-9(4-3-5-10(8)12)11(15)14-6-7-18(16,17)13-2/h3-5,13H,6-7,12H2,1-2H3,(H,14,15). The molecule has 100 valence electrons. The molecule has 1 amide bonds. The molecule has 0 spiro atoms. The molecule has 7 heteroatoms. The molecule has 0 aromatic heterocycles. The lowest BCUT2D eigenvalue weighted by Gasteiger charge is -2.09. The number of hydrogen-bond donors (Lipinski definition) is 3. The number of sulfonamides is 1. The van der Waals surface area contributed by atoms with E-state index < -0.39 is 10.0 Å². The maximum Gasteiger partial charge on any atom is 0.251 e. The van der Waals surface area contributed by atoms with Gasteiger partial charge in [0.25, 0.3) is 5.91 Å². The molecule has 0 bridgehead atoms. The van der Waals surface area contributed by atoms with Crippen molar-refractivity contribution in [2.24, 2.45) is 0 Å². The van der Waals surface area contributed by atoms with Crippen LogP contribution in [0.3, 0.4) is 0 Å². The Morgan fingerprint density at radius 1 is 1.39 bits per heavy atom. The molecule has 18 heavy (non-hydrogen) atoms. The Kier molecular flexibility index (Phi) is 4.69. The van der Waals surface area contributed by atoms with Crippen LogP contribution in [0.15, 0.2) is 18.2 Å². The van der Waals surface area contributed by atoms with Gasteiger partial charge in [-0.05, 0) is 31.7 Å². The number of nitrogen functional groups attached to an aromatic ring is 1. The molecule has 0 unspecified atom stereocenters. The smallest absolute Gasteiger partial charge is 0.251 e. The molecule has 0 saturated heterocycles. The van der Waals surface area contributed by atoms with Gasteiger partial charge < -0.3 is 11.1 Å². The van der Waals surface area contributed by atoms with Crippen molar-refractivity contribution in [3.63, 3.8) is 0 Å². The van der Waals surface area contributed by atoms with E-state index in [2.05, 4.69) is 10.0 Å². The highest BCUT2D eigenvalue weighted by Gasteiger charge is 2.12. The largest absolute Gasteiger partial charge is 0.398 e. The molecule has 0 atom stereocenters. The van der Waals surface area contributed by atoms with Crippen molar-refractivity contribution in [2.45, 2.75) is 6.92 Å². The topological polar surface area (TPSA) is 101 Å². The number of amides is 1. The molecule has 0 aliphatic heterocycles. The van der Waals surface area contributed by atoms with Gasteiger partial charge >= 0.3 is 0 Å². The van der Waals surface area contributed by atoms with Crippen LogP contribution in [0, 0.1) is 6.92 Å². The third-order valence-corrected chi connectivity index (χ3v) is 3.95. The summed E-state index contributed by atoms with van der Waals surface area (Å²) in [6.45, 7) is 1.80. The summed E-state index contributed by atoms with van der Waals surface area (Å²) in [5, 5.41) is 2.54. The lowest BCUT2D eigenvalue weighted by molar-refractivity contribution is 0.0955. The summed E-state index contributed by atoms with van der Waals surface area (Å²) in [7, 11) is -1.97. The molecule has 4 N–H and O–H groups in total. The van der Waals surface area contributed by atoms with Crippen molar-refractivity contribution < 1.29 is 13.2 Å². The first-order chi connectivity index (χ1) is 8.37. The van der Waals surface area contributed by atoms with E-state index in [9.17, 15) is 13.2 Å². The fraction of sp³-hybridized carbons (Fsp3) is 0.364. The quantitative estimate of drug-likeness (QED) is 0.648. The zero-order valence-electron chi connectivity index (χ0n) is 10.4. The highest BCUT2D eigenvalue weighted by atomic mass is 32.2. The lowest BCUT2D eigenvalue weighted by Crippen LogP contribution is -2.33. The molecule has 0 radical (unpaired) electrons. The first kappa shape index (κ1) is 14.5. The van der Waals surface area contributed by atoms with Crippen LogP contribution in [0.4, 0.5) is 5.69 Å². The number of hydrogen-bond acceptors (Lipinski definition) is 4. The summed E-state index contributed by atoms with van der Waals surface area (Å²) in [6.07, 6.45) is 0. The Labute approximate surface area is 107 Å². The van der Waals surface area contributed by atoms with E-state index in [1.165, 1.54) is 7.05 Å². The van der Waals surface area contributed by atoms with Crippen LogP contribution in [0.5, 0.6) is 0 Å². The molecule has 1 aromatic rings. The lowest BCUT2D eigenvalue weighted by atomic mass is 10.1. The van der Waals surface area contributed by atoms with E-state index in [0.29, 0.717) is 16.8 Å². The van der Waals surface area contributed by atoms with Gasteiger partial charge in [-0.1, -0.05) is 6.07 Å². The van der Waals surface area contributed by atoms with Gasteiger partial charge in [0.1, 0.15) is 0 Å². The van der Waals surface area contributed by atoms with Crippen molar-refractivity contribution in [3.05, 3.63) is 29.3 Å². The minimum Gasteiger partial charge on any atom is -0.398 e. The Bertz CT molecular complexity index is 540. The van der Waals surface area contributed by atoms with Gasteiger partial charge in [-0.25, -0.2) is 13.1 Å². The maximum absolute atomic E-state index is 11.8. The summed E-state index contributed by atoms with van der Waals surface area (Å²) in [6, 6.07) is 5.03. The average Bonchev–Trinajstić information content (AvgIpc) is 2.32. The second-order valence-electron chi connectivity index (χ2n) is 3.80. The van der Waals surface area contributed by atoms with Gasteiger partial charge in [0.05, 0.1) is 5.75 Å². The predicted molar refractivity (Wildman–Crippen MR) is 70.8 cm³/mol. The third kappa shape index (κ3) is 3.71. The van der Waals surface area contributed by atoms with Gasteiger partial charge in [-0.15, -0.1) is 0 Å². The van der Waals surface area contributed by atoms with E-state index >= 15 is 0 Å². The fourth-order valence-electron chi connectivity index (χ4n) is 1.40. The summed E-state index contributed by atoms with van der Waals surface area (Å²) in [5.41, 5.74) is 7.37. The van der Waals surface area contributed by atoms with Crippen molar-refractivity contribution in [1.82, 2.24) is 10.0 Å². The summed E-state index contributed by atoms with van der Waals surface area (Å²) in [4.78, 5) is 11.8. The average molecular weight is 271 g/mol.